The van der Waals surface area contributed by atoms with Gasteiger partial charge in [-0.3, -0.25) is 0 Å². The Morgan fingerprint density at radius 2 is 2.00 bits per heavy atom. The first kappa shape index (κ1) is 14.9. The molecule has 0 aliphatic carbocycles. The molecule has 0 aromatic heterocycles. The summed E-state index contributed by atoms with van der Waals surface area (Å²) in [5, 5.41) is 3.30. The van der Waals surface area contributed by atoms with E-state index in [2.05, 4.69) is 17.1 Å². The summed E-state index contributed by atoms with van der Waals surface area (Å²) in [6.07, 6.45) is 4.27. The van der Waals surface area contributed by atoms with Crippen molar-refractivity contribution in [3.63, 3.8) is 0 Å². The largest absolute Gasteiger partial charge is 0.382 e. The molecular weight excluding hydrogens is 216 g/mol. The summed E-state index contributed by atoms with van der Waals surface area (Å²) in [5.74, 6) is 0. The molecule has 4 heteroatoms. The molecule has 1 aliphatic heterocycles. The standard InChI is InChI=1S/C13H28N2O2/c1-3-14-11-13(12-16-2)17-10-9-15-7-5-4-6-8-15/h13-14H,3-12H2,1-2H3. The van der Waals surface area contributed by atoms with Crippen LogP contribution in [0.3, 0.4) is 0 Å². The maximum Gasteiger partial charge on any atom is 0.0932 e. The Kier molecular flexibility index (Phi) is 8.61. The zero-order valence-electron chi connectivity index (χ0n) is 11.4. The van der Waals surface area contributed by atoms with Crippen molar-refractivity contribution in [2.45, 2.75) is 32.3 Å². The van der Waals surface area contributed by atoms with E-state index < -0.39 is 0 Å². The Morgan fingerprint density at radius 1 is 1.24 bits per heavy atom. The van der Waals surface area contributed by atoms with Crippen molar-refractivity contribution >= 4 is 0 Å². The van der Waals surface area contributed by atoms with Crippen LogP contribution in [0.25, 0.3) is 0 Å². The summed E-state index contributed by atoms with van der Waals surface area (Å²) in [6, 6.07) is 0. The molecule has 0 radical (unpaired) electrons. The van der Waals surface area contributed by atoms with E-state index >= 15 is 0 Å². The Morgan fingerprint density at radius 3 is 2.65 bits per heavy atom. The lowest BCUT2D eigenvalue weighted by Crippen LogP contribution is -2.37. The van der Waals surface area contributed by atoms with Gasteiger partial charge in [-0.1, -0.05) is 13.3 Å². The van der Waals surface area contributed by atoms with E-state index in [0.717, 1.165) is 26.2 Å². The molecule has 4 nitrogen and oxygen atoms in total. The van der Waals surface area contributed by atoms with Gasteiger partial charge in [-0.25, -0.2) is 0 Å². The highest BCUT2D eigenvalue weighted by molar-refractivity contribution is 4.65. The van der Waals surface area contributed by atoms with Gasteiger partial charge in [0.2, 0.25) is 0 Å². The molecule has 1 unspecified atom stereocenters. The number of likely N-dealkylation sites (tertiary alicyclic amines) is 1. The van der Waals surface area contributed by atoms with Crippen LogP contribution in [-0.4, -0.2) is 64.1 Å². The third-order valence-corrected chi connectivity index (χ3v) is 3.18. The first-order chi connectivity index (χ1) is 8.36. The SMILES string of the molecule is CCNCC(COC)OCCN1CCCCC1. The minimum absolute atomic E-state index is 0.185. The highest BCUT2D eigenvalue weighted by Crippen LogP contribution is 2.07. The van der Waals surface area contributed by atoms with E-state index in [0.29, 0.717) is 6.61 Å². The first-order valence-corrected chi connectivity index (χ1v) is 6.90. The maximum absolute atomic E-state index is 5.86. The number of hydrogen-bond acceptors (Lipinski definition) is 4. The minimum Gasteiger partial charge on any atom is -0.382 e. The zero-order valence-corrected chi connectivity index (χ0v) is 11.4. The molecule has 0 bridgehead atoms. The maximum atomic E-state index is 5.86. The molecule has 0 aromatic rings. The van der Waals surface area contributed by atoms with Gasteiger partial charge < -0.3 is 19.7 Å². The Balaban J connectivity index is 2.07. The lowest BCUT2D eigenvalue weighted by molar-refractivity contribution is -0.0100. The van der Waals surface area contributed by atoms with Crippen molar-refractivity contribution < 1.29 is 9.47 Å². The number of rotatable bonds is 9. The summed E-state index contributed by atoms with van der Waals surface area (Å²) >= 11 is 0. The predicted octanol–water partition coefficient (Wildman–Crippen LogP) is 1.11. The van der Waals surface area contributed by atoms with E-state index in [1.54, 1.807) is 7.11 Å². The van der Waals surface area contributed by atoms with Crippen molar-refractivity contribution in [2.75, 3.05) is 53.0 Å². The van der Waals surface area contributed by atoms with Crippen LogP contribution in [0, 0.1) is 0 Å². The van der Waals surface area contributed by atoms with Crippen LogP contribution < -0.4 is 5.32 Å². The van der Waals surface area contributed by atoms with Crippen LogP contribution in [0.2, 0.25) is 0 Å². The topological polar surface area (TPSA) is 33.7 Å². The van der Waals surface area contributed by atoms with Gasteiger partial charge in [0.15, 0.2) is 0 Å². The number of piperidine rings is 1. The van der Waals surface area contributed by atoms with Crippen LogP contribution in [-0.2, 0) is 9.47 Å². The van der Waals surface area contributed by atoms with Crippen LogP contribution in [0.5, 0.6) is 0 Å². The summed E-state index contributed by atoms with van der Waals surface area (Å²) in [6.45, 7) is 9.01. The average Bonchev–Trinajstić information content (AvgIpc) is 2.37. The molecule has 1 saturated heterocycles. The fourth-order valence-corrected chi connectivity index (χ4v) is 2.19. The van der Waals surface area contributed by atoms with E-state index in [-0.39, 0.29) is 6.10 Å². The Labute approximate surface area is 106 Å². The summed E-state index contributed by atoms with van der Waals surface area (Å²) < 4.78 is 11.0. The molecule has 1 rings (SSSR count). The van der Waals surface area contributed by atoms with E-state index in [1.807, 2.05) is 0 Å². The molecule has 1 N–H and O–H groups in total. The third kappa shape index (κ3) is 6.99. The molecule has 0 saturated carbocycles. The Hall–Kier alpha value is -0.160. The lowest BCUT2D eigenvalue weighted by atomic mass is 10.1. The summed E-state index contributed by atoms with van der Waals surface area (Å²) in [4.78, 5) is 2.50. The number of hydrogen-bond donors (Lipinski definition) is 1. The summed E-state index contributed by atoms with van der Waals surface area (Å²) in [7, 11) is 1.73. The van der Waals surface area contributed by atoms with Crippen LogP contribution in [0.1, 0.15) is 26.2 Å². The van der Waals surface area contributed by atoms with Crippen LogP contribution in [0.4, 0.5) is 0 Å². The fraction of sp³-hybridized carbons (Fsp3) is 1.00. The van der Waals surface area contributed by atoms with Gasteiger partial charge in [0.1, 0.15) is 0 Å². The van der Waals surface area contributed by atoms with E-state index in [4.69, 9.17) is 9.47 Å². The van der Waals surface area contributed by atoms with E-state index in [1.165, 1.54) is 32.4 Å². The normalized spacial score (nSPS) is 19.4. The molecule has 0 amide bonds. The van der Waals surface area contributed by atoms with Gasteiger partial charge in [-0.15, -0.1) is 0 Å². The van der Waals surface area contributed by atoms with Gasteiger partial charge in [-0.2, -0.15) is 0 Å². The average molecular weight is 244 g/mol. The van der Waals surface area contributed by atoms with Crippen molar-refractivity contribution in [1.29, 1.82) is 0 Å². The number of nitrogens with zero attached hydrogens (tertiary/aromatic N) is 1. The lowest BCUT2D eigenvalue weighted by Gasteiger charge is -2.27. The van der Waals surface area contributed by atoms with Crippen LogP contribution in [0.15, 0.2) is 0 Å². The number of nitrogens with one attached hydrogen (secondary N) is 1. The second-order valence-corrected chi connectivity index (χ2v) is 4.66. The molecule has 1 aliphatic rings. The zero-order chi connectivity index (χ0) is 12.3. The fourth-order valence-electron chi connectivity index (χ4n) is 2.19. The van der Waals surface area contributed by atoms with Gasteiger partial charge in [-0.05, 0) is 32.5 Å². The molecule has 1 heterocycles. The van der Waals surface area contributed by atoms with Crippen molar-refractivity contribution in [2.24, 2.45) is 0 Å². The minimum atomic E-state index is 0.185. The molecule has 1 atom stereocenters. The van der Waals surface area contributed by atoms with Crippen molar-refractivity contribution in [3.8, 4) is 0 Å². The second kappa shape index (κ2) is 9.83. The number of likely N-dealkylation sites (N-methyl/N-ethyl adjacent to an activating group) is 1. The molecule has 1 fully saturated rings. The highest BCUT2D eigenvalue weighted by Gasteiger charge is 2.12. The van der Waals surface area contributed by atoms with E-state index in [9.17, 15) is 0 Å². The molecule has 0 aromatic carbocycles. The van der Waals surface area contributed by atoms with Gasteiger partial charge >= 0.3 is 0 Å². The number of ether oxygens (including phenoxy) is 2. The molecular formula is C13H28N2O2. The van der Waals surface area contributed by atoms with Gasteiger partial charge in [0.05, 0.1) is 19.3 Å². The molecule has 102 valence electrons. The van der Waals surface area contributed by atoms with Crippen molar-refractivity contribution in [1.82, 2.24) is 10.2 Å². The second-order valence-electron chi connectivity index (χ2n) is 4.66. The molecule has 17 heavy (non-hydrogen) atoms. The van der Waals surface area contributed by atoms with Crippen LogP contribution >= 0.6 is 0 Å². The van der Waals surface area contributed by atoms with Crippen molar-refractivity contribution in [3.05, 3.63) is 0 Å². The third-order valence-electron chi connectivity index (χ3n) is 3.18. The quantitative estimate of drug-likeness (QED) is 0.659. The van der Waals surface area contributed by atoms with Gasteiger partial charge in [0.25, 0.3) is 0 Å². The smallest absolute Gasteiger partial charge is 0.0932 e. The molecule has 0 spiro atoms. The predicted molar refractivity (Wildman–Crippen MR) is 70.5 cm³/mol. The highest BCUT2D eigenvalue weighted by atomic mass is 16.5. The monoisotopic (exact) mass is 244 g/mol. The summed E-state index contributed by atoms with van der Waals surface area (Å²) in [5.41, 5.74) is 0. The van der Waals surface area contributed by atoms with Gasteiger partial charge in [0, 0.05) is 20.2 Å². The number of methoxy groups -OCH3 is 1. The Bertz CT molecular complexity index is 173. The first-order valence-electron chi connectivity index (χ1n) is 6.90.